The molecule has 116 valence electrons. The maximum Gasteiger partial charge on any atom is 0.262 e. The molecule has 4 nitrogen and oxygen atoms in total. The van der Waals surface area contributed by atoms with Crippen molar-refractivity contribution >= 4 is 48.8 Å². The predicted octanol–water partition coefficient (Wildman–Crippen LogP) is 3.94. The van der Waals surface area contributed by atoms with Gasteiger partial charge < -0.3 is 4.90 Å². The molecule has 21 heavy (non-hydrogen) atoms. The molecule has 1 aliphatic rings. The van der Waals surface area contributed by atoms with E-state index in [1.807, 2.05) is 6.92 Å². The van der Waals surface area contributed by atoms with Gasteiger partial charge in [-0.05, 0) is 31.4 Å². The van der Waals surface area contributed by atoms with Crippen LogP contribution in [0.3, 0.4) is 0 Å². The molecular weight excluding hydrogens is 357 g/mol. The Balaban J connectivity index is 2.45. The first-order valence-electron chi connectivity index (χ1n) is 6.50. The number of benzene rings is 1. The van der Waals surface area contributed by atoms with Crippen molar-refractivity contribution in [3.05, 3.63) is 27.7 Å². The topological polar surface area (TPSA) is 54.5 Å². The highest BCUT2D eigenvalue weighted by Gasteiger charge is 2.33. The molecule has 0 spiro atoms. The van der Waals surface area contributed by atoms with E-state index in [9.17, 15) is 13.2 Å². The first kappa shape index (κ1) is 16.9. The van der Waals surface area contributed by atoms with Gasteiger partial charge in [0.1, 0.15) is 4.90 Å². The Morgan fingerprint density at radius 3 is 2.38 bits per heavy atom. The monoisotopic (exact) mass is 369 g/mol. The maximum atomic E-state index is 12.6. The maximum absolute atomic E-state index is 12.6. The van der Waals surface area contributed by atoms with Gasteiger partial charge in [0.05, 0.1) is 15.6 Å². The van der Waals surface area contributed by atoms with Crippen LogP contribution in [0.5, 0.6) is 0 Å². The van der Waals surface area contributed by atoms with Gasteiger partial charge >= 0.3 is 0 Å². The van der Waals surface area contributed by atoms with Gasteiger partial charge in [0.25, 0.3) is 15.0 Å². The minimum Gasteiger partial charge on any atom is -0.336 e. The zero-order valence-corrected chi connectivity index (χ0v) is 14.4. The Morgan fingerprint density at radius 1 is 1.29 bits per heavy atom. The van der Waals surface area contributed by atoms with Gasteiger partial charge in [-0.25, -0.2) is 8.42 Å². The van der Waals surface area contributed by atoms with Crippen molar-refractivity contribution < 1.29 is 13.2 Å². The summed E-state index contributed by atoms with van der Waals surface area (Å²) in [5.41, 5.74) is 0.112. The van der Waals surface area contributed by atoms with Gasteiger partial charge in [-0.1, -0.05) is 30.1 Å². The van der Waals surface area contributed by atoms with Crippen molar-refractivity contribution in [1.29, 1.82) is 0 Å². The lowest BCUT2D eigenvalue weighted by molar-refractivity contribution is 0.0743. The Morgan fingerprint density at radius 2 is 1.90 bits per heavy atom. The minimum absolute atomic E-state index is 0.0972. The highest BCUT2D eigenvalue weighted by molar-refractivity contribution is 8.13. The van der Waals surface area contributed by atoms with Crippen LogP contribution in [0.2, 0.25) is 10.0 Å². The molecule has 0 heterocycles. The minimum atomic E-state index is -4.04. The van der Waals surface area contributed by atoms with Crippen LogP contribution in [0, 0.1) is 0 Å². The summed E-state index contributed by atoms with van der Waals surface area (Å²) in [4.78, 5) is 14.0. The van der Waals surface area contributed by atoms with E-state index in [1.165, 1.54) is 6.07 Å². The van der Waals surface area contributed by atoms with E-state index in [2.05, 4.69) is 0 Å². The molecule has 1 amide bonds. The number of amides is 1. The summed E-state index contributed by atoms with van der Waals surface area (Å²) in [7, 11) is 1.29. The third-order valence-electron chi connectivity index (χ3n) is 3.23. The van der Waals surface area contributed by atoms with Gasteiger partial charge in [-0.15, -0.1) is 0 Å². The number of carbonyl (C=O) groups is 1. The molecule has 0 bridgehead atoms. The van der Waals surface area contributed by atoms with Gasteiger partial charge in [0, 0.05) is 23.3 Å². The lowest BCUT2D eigenvalue weighted by Crippen LogP contribution is -2.34. The molecule has 0 radical (unpaired) electrons. The fourth-order valence-corrected chi connectivity index (χ4v) is 3.93. The average Bonchev–Trinajstić information content (AvgIpc) is 3.17. The van der Waals surface area contributed by atoms with E-state index in [1.54, 1.807) is 4.90 Å². The van der Waals surface area contributed by atoms with Crippen LogP contribution in [-0.4, -0.2) is 31.8 Å². The van der Waals surface area contributed by atoms with Crippen molar-refractivity contribution in [3.63, 3.8) is 0 Å². The Labute approximate surface area is 138 Å². The van der Waals surface area contributed by atoms with E-state index in [4.69, 9.17) is 33.9 Å². The van der Waals surface area contributed by atoms with Crippen LogP contribution in [0.4, 0.5) is 0 Å². The SMILES string of the molecule is CCCN(C(=O)c1cc(S(=O)(=O)Cl)c(Cl)cc1Cl)C1CC1. The standard InChI is InChI=1S/C13H14Cl3NO3S/c1-2-5-17(8-3-4-8)13(18)9-6-12(21(16,19)20)11(15)7-10(9)14/h6-8H,2-5H2,1H3. The number of rotatable bonds is 5. The summed E-state index contributed by atoms with van der Waals surface area (Å²) < 4.78 is 23.0. The molecule has 0 atom stereocenters. The summed E-state index contributed by atoms with van der Waals surface area (Å²) >= 11 is 11.9. The Kier molecular flexibility index (Phi) is 5.08. The van der Waals surface area contributed by atoms with Crippen LogP contribution in [-0.2, 0) is 9.05 Å². The highest BCUT2D eigenvalue weighted by Crippen LogP contribution is 2.34. The number of halogens is 3. The van der Waals surface area contributed by atoms with Crippen molar-refractivity contribution in [2.45, 2.75) is 37.1 Å². The summed E-state index contributed by atoms with van der Waals surface area (Å²) in [5.74, 6) is -0.289. The van der Waals surface area contributed by atoms with Crippen molar-refractivity contribution in [2.24, 2.45) is 0 Å². The zero-order valence-electron chi connectivity index (χ0n) is 11.3. The first-order valence-corrected chi connectivity index (χ1v) is 9.57. The van der Waals surface area contributed by atoms with E-state index >= 15 is 0 Å². The van der Waals surface area contributed by atoms with Gasteiger partial charge in [0.2, 0.25) is 0 Å². The molecule has 1 saturated carbocycles. The normalized spacial score (nSPS) is 15.0. The number of nitrogens with zero attached hydrogens (tertiary/aromatic N) is 1. The van der Waals surface area contributed by atoms with Crippen LogP contribution >= 0.6 is 33.9 Å². The highest BCUT2D eigenvalue weighted by atomic mass is 35.7. The van der Waals surface area contributed by atoms with E-state index in [0.29, 0.717) is 6.54 Å². The van der Waals surface area contributed by atoms with Crippen LogP contribution in [0.1, 0.15) is 36.5 Å². The molecule has 2 rings (SSSR count). The fraction of sp³-hybridized carbons (Fsp3) is 0.462. The second-order valence-electron chi connectivity index (χ2n) is 4.93. The van der Waals surface area contributed by atoms with Crippen molar-refractivity contribution in [3.8, 4) is 0 Å². The van der Waals surface area contributed by atoms with Gasteiger partial charge in [0.15, 0.2) is 0 Å². The molecule has 0 saturated heterocycles. The zero-order chi connectivity index (χ0) is 15.8. The average molecular weight is 371 g/mol. The van der Waals surface area contributed by atoms with E-state index in [-0.39, 0.29) is 32.5 Å². The quantitative estimate of drug-likeness (QED) is 0.738. The lowest BCUT2D eigenvalue weighted by atomic mass is 10.2. The van der Waals surface area contributed by atoms with Crippen LogP contribution in [0.25, 0.3) is 0 Å². The molecule has 0 N–H and O–H groups in total. The Bertz CT molecular complexity index is 671. The van der Waals surface area contributed by atoms with Crippen LogP contribution in [0.15, 0.2) is 17.0 Å². The van der Waals surface area contributed by atoms with Crippen molar-refractivity contribution in [2.75, 3.05) is 6.54 Å². The molecule has 1 fully saturated rings. The predicted molar refractivity (Wildman–Crippen MR) is 83.9 cm³/mol. The molecular formula is C13H14Cl3NO3S. The smallest absolute Gasteiger partial charge is 0.262 e. The number of carbonyl (C=O) groups excluding carboxylic acids is 1. The van der Waals surface area contributed by atoms with Crippen molar-refractivity contribution in [1.82, 2.24) is 4.90 Å². The fourth-order valence-electron chi connectivity index (χ4n) is 2.11. The molecule has 1 aliphatic carbocycles. The molecule has 1 aromatic carbocycles. The molecule has 1 aromatic rings. The largest absolute Gasteiger partial charge is 0.336 e. The molecule has 0 unspecified atom stereocenters. The summed E-state index contributed by atoms with van der Waals surface area (Å²) in [6.45, 7) is 2.58. The number of hydrogen-bond acceptors (Lipinski definition) is 3. The van der Waals surface area contributed by atoms with Crippen LogP contribution < -0.4 is 0 Å². The number of hydrogen-bond donors (Lipinski definition) is 0. The third kappa shape index (κ3) is 3.83. The summed E-state index contributed by atoms with van der Waals surface area (Å²) in [5, 5.41) is 0.0239. The summed E-state index contributed by atoms with van der Waals surface area (Å²) in [6.07, 6.45) is 2.73. The molecule has 0 aliphatic heterocycles. The second-order valence-corrected chi connectivity index (χ2v) is 8.28. The second kappa shape index (κ2) is 6.32. The molecule has 8 heteroatoms. The third-order valence-corrected chi connectivity index (χ3v) is 5.33. The summed E-state index contributed by atoms with van der Waals surface area (Å²) in [6, 6.07) is 2.60. The van der Waals surface area contributed by atoms with Gasteiger partial charge in [-0.2, -0.15) is 0 Å². The molecule has 0 aromatic heterocycles. The van der Waals surface area contributed by atoms with E-state index in [0.717, 1.165) is 25.3 Å². The van der Waals surface area contributed by atoms with E-state index < -0.39 is 9.05 Å². The lowest BCUT2D eigenvalue weighted by Gasteiger charge is -2.22. The Hall–Kier alpha value is -0.490. The first-order chi connectivity index (χ1) is 9.75. The van der Waals surface area contributed by atoms with Gasteiger partial charge in [-0.3, -0.25) is 4.79 Å².